The quantitative estimate of drug-likeness (QED) is 0.685. The second kappa shape index (κ2) is 6.23. The van der Waals surface area contributed by atoms with Crippen LogP contribution in [0.15, 0.2) is 22.7 Å². The van der Waals surface area contributed by atoms with Gasteiger partial charge in [-0.2, -0.15) is 0 Å². The van der Waals surface area contributed by atoms with Crippen molar-refractivity contribution in [3.8, 4) is 0 Å². The molecule has 21 heavy (non-hydrogen) atoms. The molecule has 1 aliphatic rings. The van der Waals surface area contributed by atoms with Gasteiger partial charge in [-0.1, -0.05) is 11.8 Å². The lowest BCUT2D eigenvalue weighted by Gasteiger charge is -2.34. The molecule has 6 heteroatoms. The molecule has 0 saturated carbocycles. The topological polar surface area (TPSA) is 41.0 Å². The van der Waals surface area contributed by atoms with Gasteiger partial charge in [0, 0.05) is 24.0 Å². The van der Waals surface area contributed by atoms with Crippen molar-refractivity contribution in [2.45, 2.75) is 31.5 Å². The standard InChI is InChI=1S/C15H20N4S2/c1-4-16-13-9-14(18-15(17-13)20-3)19-7-5-12-11(10(19)2)6-8-21-12/h6,8-10H,4-5,7H2,1-3H3,(H,16,17,18). The van der Waals surface area contributed by atoms with Gasteiger partial charge in [0.2, 0.25) is 0 Å². The largest absolute Gasteiger partial charge is 0.370 e. The lowest BCUT2D eigenvalue weighted by Crippen LogP contribution is -2.34. The molecule has 1 atom stereocenters. The molecular formula is C15H20N4S2. The van der Waals surface area contributed by atoms with Crippen molar-refractivity contribution in [3.63, 3.8) is 0 Å². The van der Waals surface area contributed by atoms with Crippen LogP contribution in [0.5, 0.6) is 0 Å². The molecule has 0 radical (unpaired) electrons. The molecule has 3 rings (SSSR count). The first kappa shape index (κ1) is 14.7. The maximum atomic E-state index is 4.71. The number of aromatic nitrogens is 2. The predicted molar refractivity (Wildman–Crippen MR) is 91.8 cm³/mol. The van der Waals surface area contributed by atoms with E-state index in [2.05, 4.69) is 46.6 Å². The van der Waals surface area contributed by atoms with E-state index in [1.54, 1.807) is 11.8 Å². The van der Waals surface area contributed by atoms with Crippen LogP contribution in [0.1, 0.15) is 30.3 Å². The molecule has 0 amide bonds. The van der Waals surface area contributed by atoms with Crippen LogP contribution in [-0.2, 0) is 6.42 Å². The van der Waals surface area contributed by atoms with E-state index in [1.165, 1.54) is 10.4 Å². The molecular weight excluding hydrogens is 300 g/mol. The van der Waals surface area contributed by atoms with Gasteiger partial charge < -0.3 is 10.2 Å². The molecule has 4 nitrogen and oxygen atoms in total. The summed E-state index contributed by atoms with van der Waals surface area (Å²) in [6, 6.07) is 4.69. The first-order chi connectivity index (χ1) is 10.2. The van der Waals surface area contributed by atoms with Crippen molar-refractivity contribution in [3.05, 3.63) is 28.0 Å². The van der Waals surface area contributed by atoms with Gasteiger partial charge in [-0.15, -0.1) is 11.3 Å². The van der Waals surface area contributed by atoms with E-state index in [0.29, 0.717) is 6.04 Å². The van der Waals surface area contributed by atoms with E-state index in [-0.39, 0.29) is 0 Å². The second-order valence-corrected chi connectivity index (χ2v) is 6.82. The fourth-order valence-electron chi connectivity index (χ4n) is 2.75. The molecule has 1 unspecified atom stereocenters. The average molecular weight is 320 g/mol. The molecule has 112 valence electrons. The summed E-state index contributed by atoms with van der Waals surface area (Å²) in [5.74, 6) is 1.94. The van der Waals surface area contributed by atoms with Crippen LogP contribution in [0.25, 0.3) is 0 Å². The van der Waals surface area contributed by atoms with Gasteiger partial charge in [0.1, 0.15) is 11.6 Å². The number of fused-ring (bicyclic) bond motifs is 1. The number of rotatable bonds is 4. The van der Waals surface area contributed by atoms with Crippen molar-refractivity contribution in [1.29, 1.82) is 0 Å². The molecule has 0 spiro atoms. The van der Waals surface area contributed by atoms with E-state index in [1.807, 2.05) is 17.6 Å². The SMILES string of the molecule is CCNc1cc(N2CCc3sccc3C2C)nc(SC)n1. The minimum atomic E-state index is 0.374. The Morgan fingerprint density at radius 2 is 2.33 bits per heavy atom. The smallest absolute Gasteiger partial charge is 0.191 e. The van der Waals surface area contributed by atoms with E-state index in [9.17, 15) is 0 Å². The van der Waals surface area contributed by atoms with Crippen LogP contribution >= 0.6 is 23.1 Å². The normalized spacial score (nSPS) is 17.7. The molecule has 0 fully saturated rings. The van der Waals surface area contributed by atoms with Gasteiger partial charge in [-0.05, 0) is 43.5 Å². The summed E-state index contributed by atoms with van der Waals surface area (Å²) in [6.07, 6.45) is 3.12. The van der Waals surface area contributed by atoms with Crippen molar-refractivity contribution in [2.75, 3.05) is 29.6 Å². The number of thiophene rings is 1. The highest BCUT2D eigenvalue weighted by atomic mass is 32.2. The Hall–Kier alpha value is -1.27. The molecule has 1 N–H and O–H groups in total. The third kappa shape index (κ3) is 2.87. The van der Waals surface area contributed by atoms with E-state index in [4.69, 9.17) is 4.98 Å². The number of hydrogen-bond donors (Lipinski definition) is 1. The number of nitrogens with zero attached hydrogens (tertiary/aromatic N) is 3. The second-order valence-electron chi connectivity index (χ2n) is 5.05. The number of anilines is 2. The molecule has 1 aliphatic heterocycles. The lowest BCUT2D eigenvalue weighted by molar-refractivity contribution is 0.620. The minimum Gasteiger partial charge on any atom is -0.370 e. The van der Waals surface area contributed by atoms with Crippen molar-refractivity contribution in [2.24, 2.45) is 0 Å². The fourth-order valence-corrected chi connectivity index (χ4v) is 4.08. The first-order valence-electron chi connectivity index (χ1n) is 7.22. The first-order valence-corrected chi connectivity index (χ1v) is 9.33. The Labute approximate surface area is 134 Å². The van der Waals surface area contributed by atoms with Crippen LogP contribution in [-0.4, -0.2) is 29.3 Å². The van der Waals surface area contributed by atoms with Gasteiger partial charge in [0.25, 0.3) is 0 Å². The highest BCUT2D eigenvalue weighted by Crippen LogP contribution is 2.36. The molecule has 2 aromatic rings. The van der Waals surface area contributed by atoms with Gasteiger partial charge in [-0.25, -0.2) is 9.97 Å². The van der Waals surface area contributed by atoms with Crippen LogP contribution in [0.3, 0.4) is 0 Å². The highest BCUT2D eigenvalue weighted by molar-refractivity contribution is 7.98. The summed E-state index contributed by atoms with van der Waals surface area (Å²) in [5, 5.41) is 6.32. The predicted octanol–water partition coefficient (Wildman–Crippen LogP) is 3.82. The molecule has 0 saturated heterocycles. The van der Waals surface area contributed by atoms with Gasteiger partial charge in [0.15, 0.2) is 5.16 Å². The molecule has 2 aromatic heterocycles. The van der Waals surface area contributed by atoms with Crippen LogP contribution in [0, 0.1) is 0 Å². The Kier molecular flexibility index (Phi) is 4.35. The summed E-state index contributed by atoms with van der Waals surface area (Å²) in [6.45, 7) is 6.24. The Bertz CT molecular complexity index is 626. The summed E-state index contributed by atoms with van der Waals surface area (Å²) in [4.78, 5) is 13.1. The number of hydrogen-bond acceptors (Lipinski definition) is 6. The number of thioether (sulfide) groups is 1. The summed E-state index contributed by atoms with van der Waals surface area (Å²) < 4.78 is 0. The van der Waals surface area contributed by atoms with Gasteiger partial charge >= 0.3 is 0 Å². The Morgan fingerprint density at radius 3 is 3.10 bits per heavy atom. The fraction of sp³-hybridized carbons (Fsp3) is 0.467. The Balaban J connectivity index is 1.95. The van der Waals surface area contributed by atoms with Crippen LogP contribution in [0.2, 0.25) is 0 Å². The maximum Gasteiger partial charge on any atom is 0.191 e. The van der Waals surface area contributed by atoms with Crippen molar-refractivity contribution in [1.82, 2.24) is 9.97 Å². The maximum absolute atomic E-state index is 4.71. The Morgan fingerprint density at radius 1 is 1.48 bits per heavy atom. The molecule has 0 bridgehead atoms. The van der Waals surface area contributed by atoms with Crippen molar-refractivity contribution < 1.29 is 0 Å². The zero-order valence-corrected chi connectivity index (χ0v) is 14.2. The molecule has 0 aliphatic carbocycles. The third-order valence-electron chi connectivity index (χ3n) is 3.80. The highest BCUT2D eigenvalue weighted by Gasteiger charge is 2.26. The van der Waals surface area contributed by atoms with E-state index >= 15 is 0 Å². The summed E-state index contributed by atoms with van der Waals surface area (Å²) in [5.41, 5.74) is 1.44. The lowest BCUT2D eigenvalue weighted by atomic mass is 10.0. The van der Waals surface area contributed by atoms with E-state index < -0.39 is 0 Å². The monoisotopic (exact) mass is 320 g/mol. The number of nitrogens with one attached hydrogen (secondary N) is 1. The third-order valence-corrected chi connectivity index (χ3v) is 5.35. The van der Waals surface area contributed by atoms with Crippen LogP contribution < -0.4 is 10.2 Å². The zero-order chi connectivity index (χ0) is 14.8. The van der Waals surface area contributed by atoms with Gasteiger partial charge in [0.05, 0.1) is 6.04 Å². The zero-order valence-electron chi connectivity index (χ0n) is 12.6. The molecule has 0 aromatic carbocycles. The van der Waals surface area contributed by atoms with Crippen molar-refractivity contribution >= 4 is 34.7 Å². The van der Waals surface area contributed by atoms with Gasteiger partial charge in [-0.3, -0.25) is 0 Å². The average Bonchev–Trinajstić information content (AvgIpc) is 2.97. The summed E-state index contributed by atoms with van der Waals surface area (Å²) >= 11 is 3.46. The minimum absolute atomic E-state index is 0.374. The summed E-state index contributed by atoms with van der Waals surface area (Å²) in [7, 11) is 0. The molecule has 3 heterocycles. The van der Waals surface area contributed by atoms with E-state index in [0.717, 1.165) is 36.3 Å². The van der Waals surface area contributed by atoms with Crippen LogP contribution in [0.4, 0.5) is 11.6 Å².